The maximum Gasteiger partial charge on any atom is 0.339 e. The molecule has 31 heavy (non-hydrogen) atoms. The van der Waals surface area contributed by atoms with E-state index in [-0.39, 0.29) is 27.7 Å². The van der Waals surface area contributed by atoms with Gasteiger partial charge >= 0.3 is 10.1 Å². The lowest BCUT2D eigenvalue weighted by atomic mass is 10.2. The second kappa shape index (κ2) is 9.50. The molecule has 0 heterocycles. The third-order valence-corrected chi connectivity index (χ3v) is 5.52. The number of rotatable bonds is 7. The standard InChI is InChI=1S/C21H17ClN2O6S/c1-29-20-12-14(13-23-24-21(26)17-4-2-3-5-18(17)25)6-11-19(20)30-31(27,28)16-9-7-15(22)8-10-16/h2-13,25H,1H3,(H,24,26)/b23-13-. The number of hydrogen-bond acceptors (Lipinski definition) is 7. The molecule has 2 N–H and O–H groups in total. The average Bonchev–Trinajstić information content (AvgIpc) is 2.75. The highest BCUT2D eigenvalue weighted by molar-refractivity contribution is 7.87. The summed E-state index contributed by atoms with van der Waals surface area (Å²) < 4.78 is 35.3. The smallest absolute Gasteiger partial charge is 0.339 e. The summed E-state index contributed by atoms with van der Waals surface area (Å²) in [5.74, 6) is -0.628. The van der Waals surface area contributed by atoms with Crippen molar-refractivity contribution in [1.29, 1.82) is 0 Å². The maximum atomic E-state index is 12.5. The zero-order valence-electron chi connectivity index (χ0n) is 16.2. The van der Waals surface area contributed by atoms with E-state index in [0.717, 1.165) is 0 Å². The van der Waals surface area contributed by atoms with Crippen molar-refractivity contribution in [3.63, 3.8) is 0 Å². The number of phenols is 1. The number of amides is 1. The number of para-hydroxylation sites is 1. The van der Waals surface area contributed by atoms with Gasteiger partial charge in [-0.15, -0.1) is 0 Å². The van der Waals surface area contributed by atoms with Crippen molar-refractivity contribution in [1.82, 2.24) is 5.43 Å². The largest absolute Gasteiger partial charge is 0.507 e. The Bertz CT molecular complexity index is 1230. The predicted octanol–water partition coefficient (Wildman–Crippen LogP) is 3.59. The molecule has 160 valence electrons. The quantitative estimate of drug-likeness (QED) is 0.316. The number of nitrogens with one attached hydrogen (secondary N) is 1. The summed E-state index contributed by atoms with van der Waals surface area (Å²) >= 11 is 5.78. The van der Waals surface area contributed by atoms with Crippen molar-refractivity contribution in [3.8, 4) is 17.2 Å². The molecule has 0 bridgehead atoms. The molecular formula is C21H17ClN2O6S. The number of carbonyl (C=O) groups is 1. The first-order valence-corrected chi connectivity index (χ1v) is 10.6. The van der Waals surface area contributed by atoms with Gasteiger partial charge < -0.3 is 14.0 Å². The van der Waals surface area contributed by atoms with E-state index in [1.807, 2.05) is 0 Å². The second-order valence-electron chi connectivity index (χ2n) is 6.12. The number of aromatic hydroxyl groups is 1. The maximum absolute atomic E-state index is 12.5. The van der Waals surface area contributed by atoms with Gasteiger partial charge in [0, 0.05) is 5.02 Å². The van der Waals surface area contributed by atoms with Crippen molar-refractivity contribution < 1.29 is 27.2 Å². The molecule has 0 aliphatic carbocycles. The Morgan fingerprint density at radius 1 is 1.06 bits per heavy atom. The molecule has 0 radical (unpaired) electrons. The van der Waals surface area contributed by atoms with Crippen molar-refractivity contribution in [2.45, 2.75) is 4.90 Å². The van der Waals surface area contributed by atoms with Crippen LogP contribution in [0.4, 0.5) is 0 Å². The molecule has 1 amide bonds. The minimum Gasteiger partial charge on any atom is -0.507 e. The van der Waals surface area contributed by atoms with Gasteiger partial charge in [-0.25, -0.2) is 5.43 Å². The lowest BCUT2D eigenvalue weighted by Gasteiger charge is -2.11. The normalized spacial score (nSPS) is 11.3. The molecule has 10 heteroatoms. The van der Waals surface area contributed by atoms with E-state index >= 15 is 0 Å². The summed E-state index contributed by atoms with van der Waals surface area (Å²) in [6, 6.07) is 16.0. The molecule has 3 aromatic carbocycles. The minimum atomic E-state index is -4.09. The Hall–Kier alpha value is -3.56. The summed E-state index contributed by atoms with van der Waals surface area (Å²) in [7, 11) is -2.73. The topological polar surface area (TPSA) is 114 Å². The monoisotopic (exact) mass is 460 g/mol. The zero-order valence-corrected chi connectivity index (χ0v) is 17.7. The molecule has 0 aliphatic rings. The minimum absolute atomic E-state index is 0.0205. The van der Waals surface area contributed by atoms with Crippen molar-refractivity contribution in [2.75, 3.05) is 7.11 Å². The fourth-order valence-corrected chi connectivity index (χ4v) is 3.56. The third-order valence-electron chi connectivity index (χ3n) is 4.02. The van der Waals surface area contributed by atoms with E-state index in [4.69, 9.17) is 20.5 Å². The Labute approximate surface area is 183 Å². The number of carbonyl (C=O) groups excluding carboxylic acids is 1. The molecule has 3 aromatic rings. The molecule has 0 aliphatic heterocycles. The van der Waals surface area contributed by atoms with Crippen molar-refractivity contribution in [2.24, 2.45) is 5.10 Å². The van der Waals surface area contributed by atoms with Gasteiger partial charge in [0.25, 0.3) is 5.91 Å². The van der Waals surface area contributed by atoms with Crippen LogP contribution in [0, 0.1) is 0 Å². The second-order valence-corrected chi connectivity index (χ2v) is 8.10. The summed E-state index contributed by atoms with van der Waals surface area (Å²) in [5, 5.41) is 13.9. The Morgan fingerprint density at radius 2 is 1.77 bits per heavy atom. The zero-order chi connectivity index (χ0) is 22.4. The predicted molar refractivity (Wildman–Crippen MR) is 115 cm³/mol. The summed E-state index contributed by atoms with van der Waals surface area (Å²) in [4.78, 5) is 12.0. The van der Waals surface area contributed by atoms with Crippen molar-refractivity contribution >= 4 is 33.8 Å². The lowest BCUT2D eigenvalue weighted by molar-refractivity contribution is 0.0952. The summed E-state index contributed by atoms with van der Waals surface area (Å²) in [5.41, 5.74) is 2.88. The van der Waals surface area contributed by atoms with Crippen LogP contribution in [0.3, 0.4) is 0 Å². The number of hydrogen-bond donors (Lipinski definition) is 2. The molecule has 3 rings (SSSR count). The van der Waals surface area contributed by atoms with Gasteiger partial charge in [-0.1, -0.05) is 23.7 Å². The number of hydrazone groups is 1. The number of benzene rings is 3. The summed E-state index contributed by atoms with van der Waals surface area (Å²) in [6.45, 7) is 0. The van der Waals surface area contributed by atoms with E-state index in [2.05, 4.69) is 10.5 Å². The van der Waals surface area contributed by atoms with Gasteiger partial charge in [-0.05, 0) is 60.2 Å². The van der Waals surface area contributed by atoms with Crippen LogP contribution in [0.1, 0.15) is 15.9 Å². The molecule has 0 spiro atoms. The highest BCUT2D eigenvalue weighted by Crippen LogP contribution is 2.30. The van der Waals surface area contributed by atoms with Crippen LogP contribution < -0.4 is 14.3 Å². The third kappa shape index (κ3) is 5.53. The number of ether oxygens (including phenoxy) is 1. The summed E-state index contributed by atoms with van der Waals surface area (Å²) in [6.07, 6.45) is 1.33. The molecule has 0 atom stereocenters. The van der Waals surface area contributed by atoms with E-state index in [0.29, 0.717) is 10.6 Å². The number of nitrogens with zero attached hydrogens (tertiary/aromatic N) is 1. The SMILES string of the molecule is COc1cc(/C=N\NC(=O)c2ccccc2O)ccc1OS(=O)(=O)c1ccc(Cl)cc1. The molecule has 0 fully saturated rings. The average molecular weight is 461 g/mol. The fourth-order valence-electron chi connectivity index (χ4n) is 2.49. The van der Waals surface area contributed by atoms with E-state index in [9.17, 15) is 18.3 Å². The fraction of sp³-hybridized carbons (Fsp3) is 0.0476. The van der Waals surface area contributed by atoms with E-state index in [1.54, 1.807) is 12.1 Å². The van der Waals surface area contributed by atoms with Gasteiger partial charge in [0.15, 0.2) is 11.5 Å². The van der Waals surface area contributed by atoms with Crippen LogP contribution in [0.5, 0.6) is 17.2 Å². The number of phenolic OH excluding ortho intramolecular Hbond substituents is 1. The number of methoxy groups -OCH3 is 1. The van der Waals surface area contributed by atoms with Crippen LogP contribution in [-0.2, 0) is 10.1 Å². The molecule has 0 saturated heterocycles. The Kier molecular flexibility index (Phi) is 6.78. The van der Waals surface area contributed by atoms with E-state index in [1.165, 1.54) is 67.9 Å². The van der Waals surface area contributed by atoms with Crippen LogP contribution in [0.2, 0.25) is 5.02 Å². The number of halogens is 1. The Balaban J connectivity index is 1.74. The highest BCUT2D eigenvalue weighted by Gasteiger charge is 2.19. The molecule has 0 saturated carbocycles. The van der Waals surface area contributed by atoms with Crippen LogP contribution >= 0.6 is 11.6 Å². The Morgan fingerprint density at radius 3 is 2.45 bits per heavy atom. The van der Waals surface area contributed by atoms with Crippen LogP contribution in [0.25, 0.3) is 0 Å². The first-order valence-electron chi connectivity index (χ1n) is 8.79. The van der Waals surface area contributed by atoms with Gasteiger partial charge in [-0.2, -0.15) is 13.5 Å². The van der Waals surface area contributed by atoms with Gasteiger partial charge in [0.1, 0.15) is 10.6 Å². The van der Waals surface area contributed by atoms with Crippen molar-refractivity contribution in [3.05, 3.63) is 82.9 Å². The molecule has 0 aromatic heterocycles. The van der Waals surface area contributed by atoms with Crippen LogP contribution in [-0.4, -0.2) is 32.8 Å². The first kappa shape index (κ1) is 22.1. The van der Waals surface area contributed by atoms with E-state index < -0.39 is 16.0 Å². The molecule has 0 unspecified atom stereocenters. The lowest BCUT2D eigenvalue weighted by Crippen LogP contribution is -2.17. The van der Waals surface area contributed by atoms with Crippen LogP contribution in [0.15, 0.2) is 76.7 Å². The van der Waals surface area contributed by atoms with Gasteiger partial charge in [0.05, 0.1) is 18.9 Å². The van der Waals surface area contributed by atoms with Gasteiger partial charge in [0.2, 0.25) is 0 Å². The molecule has 8 nitrogen and oxygen atoms in total. The molecular weight excluding hydrogens is 444 g/mol. The van der Waals surface area contributed by atoms with Gasteiger partial charge in [-0.3, -0.25) is 4.79 Å². The highest BCUT2D eigenvalue weighted by atomic mass is 35.5. The first-order chi connectivity index (χ1) is 14.8.